The van der Waals surface area contributed by atoms with Gasteiger partial charge in [0.05, 0.1) is 11.3 Å². The van der Waals surface area contributed by atoms with Gasteiger partial charge in [0.25, 0.3) is 5.91 Å². The zero-order valence-electron chi connectivity index (χ0n) is 9.58. The van der Waals surface area contributed by atoms with Gasteiger partial charge in [0.15, 0.2) is 0 Å². The van der Waals surface area contributed by atoms with E-state index in [9.17, 15) is 4.79 Å². The largest absolute Gasteiger partial charge is 0.321 e. The molecule has 1 heterocycles. The summed E-state index contributed by atoms with van der Waals surface area (Å²) in [4.78, 5) is 15.9. The molecular weight excluding hydrogens is 316 g/mol. The van der Waals surface area contributed by atoms with E-state index in [1.807, 2.05) is 13.0 Å². The number of hydrogen-bond donors (Lipinski definition) is 1. The van der Waals surface area contributed by atoms with Gasteiger partial charge in [-0.15, -0.1) is 0 Å². The third-order valence-corrected chi connectivity index (χ3v) is 3.48. The van der Waals surface area contributed by atoms with Gasteiger partial charge in [0.2, 0.25) is 0 Å². The maximum atomic E-state index is 11.9. The van der Waals surface area contributed by atoms with Crippen LogP contribution in [0.1, 0.15) is 15.9 Å². The molecule has 0 spiro atoms. The molecule has 0 bridgehead atoms. The number of halogens is 2. The fourth-order valence-corrected chi connectivity index (χ4v) is 2.15. The van der Waals surface area contributed by atoms with Crippen molar-refractivity contribution < 1.29 is 4.79 Å². The molecule has 3 nitrogen and oxygen atoms in total. The van der Waals surface area contributed by atoms with E-state index in [1.165, 1.54) is 6.20 Å². The molecular formula is C13H10BrClN2O. The zero-order valence-corrected chi connectivity index (χ0v) is 11.9. The molecule has 0 aliphatic carbocycles. The average molecular weight is 326 g/mol. The van der Waals surface area contributed by atoms with Crippen LogP contribution < -0.4 is 5.32 Å². The van der Waals surface area contributed by atoms with Gasteiger partial charge in [0.1, 0.15) is 0 Å². The third kappa shape index (κ3) is 2.89. The number of aryl methyl sites for hydroxylation is 1. The van der Waals surface area contributed by atoms with Crippen LogP contribution in [0, 0.1) is 6.92 Å². The lowest BCUT2D eigenvalue weighted by Crippen LogP contribution is -2.12. The van der Waals surface area contributed by atoms with Gasteiger partial charge in [0, 0.05) is 21.9 Å². The summed E-state index contributed by atoms with van der Waals surface area (Å²) in [5, 5.41) is 3.40. The predicted octanol–water partition coefficient (Wildman–Crippen LogP) is 4.06. The molecule has 0 radical (unpaired) electrons. The van der Waals surface area contributed by atoms with E-state index in [-0.39, 0.29) is 5.91 Å². The first kappa shape index (κ1) is 13.1. The lowest BCUT2D eigenvalue weighted by Gasteiger charge is -2.09. The van der Waals surface area contributed by atoms with E-state index in [0.29, 0.717) is 16.3 Å². The highest BCUT2D eigenvalue weighted by molar-refractivity contribution is 9.10. The highest BCUT2D eigenvalue weighted by Gasteiger charge is 2.09. The van der Waals surface area contributed by atoms with E-state index in [1.54, 1.807) is 24.4 Å². The van der Waals surface area contributed by atoms with E-state index < -0.39 is 0 Å². The fourth-order valence-electron chi connectivity index (χ4n) is 1.43. The van der Waals surface area contributed by atoms with E-state index in [4.69, 9.17) is 11.6 Å². The molecule has 0 atom stereocenters. The first-order valence-electron chi connectivity index (χ1n) is 5.25. The third-order valence-electron chi connectivity index (χ3n) is 2.42. The summed E-state index contributed by atoms with van der Waals surface area (Å²) in [5.74, 6) is -0.219. The van der Waals surface area contributed by atoms with Crippen molar-refractivity contribution in [1.29, 1.82) is 0 Å². The number of rotatable bonds is 2. The summed E-state index contributed by atoms with van der Waals surface area (Å²) in [6.45, 7) is 1.90. The first-order chi connectivity index (χ1) is 8.58. The van der Waals surface area contributed by atoms with Gasteiger partial charge in [-0.05, 0) is 52.7 Å². The van der Waals surface area contributed by atoms with Gasteiger partial charge in [-0.2, -0.15) is 0 Å². The lowest BCUT2D eigenvalue weighted by atomic mass is 10.2. The normalized spacial score (nSPS) is 10.2. The number of hydrogen-bond acceptors (Lipinski definition) is 2. The van der Waals surface area contributed by atoms with E-state index in [0.717, 1.165) is 10.0 Å². The Morgan fingerprint density at radius 2 is 2.22 bits per heavy atom. The van der Waals surface area contributed by atoms with Crippen molar-refractivity contribution in [3.63, 3.8) is 0 Å². The van der Waals surface area contributed by atoms with Gasteiger partial charge in [-0.3, -0.25) is 9.78 Å². The standard InChI is InChI=1S/C13H10BrClN2O/c1-8-5-10(14)12(6-11(8)15)17-13(18)9-3-2-4-16-7-9/h2-7H,1H3,(H,17,18). The highest BCUT2D eigenvalue weighted by atomic mass is 79.9. The Bertz CT molecular complexity index is 587. The van der Waals surface area contributed by atoms with Crippen LogP contribution in [0.2, 0.25) is 5.02 Å². The summed E-state index contributed by atoms with van der Waals surface area (Å²) in [6, 6.07) is 6.99. The van der Waals surface area contributed by atoms with Crippen LogP contribution in [0.4, 0.5) is 5.69 Å². The van der Waals surface area contributed by atoms with Gasteiger partial charge in [-0.25, -0.2) is 0 Å². The maximum Gasteiger partial charge on any atom is 0.257 e. The molecule has 1 aromatic carbocycles. The number of amides is 1. The first-order valence-corrected chi connectivity index (χ1v) is 6.42. The topological polar surface area (TPSA) is 42.0 Å². The lowest BCUT2D eigenvalue weighted by molar-refractivity contribution is 0.102. The smallest absolute Gasteiger partial charge is 0.257 e. The summed E-state index contributed by atoms with van der Waals surface area (Å²) in [5.41, 5.74) is 2.09. The molecule has 0 aliphatic rings. The van der Waals surface area contributed by atoms with Gasteiger partial charge in [-0.1, -0.05) is 11.6 Å². The number of anilines is 1. The fraction of sp³-hybridized carbons (Fsp3) is 0.0769. The van der Waals surface area contributed by atoms with Crippen molar-refractivity contribution in [2.75, 3.05) is 5.32 Å². The Hall–Kier alpha value is -1.39. The van der Waals surface area contributed by atoms with E-state index in [2.05, 4.69) is 26.2 Å². The second kappa shape index (κ2) is 5.50. The van der Waals surface area contributed by atoms with Gasteiger partial charge < -0.3 is 5.32 Å². The van der Waals surface area contributed by atoms with Crippen molar-refractivity contribution >= 4 is 39.1 Å². The molecule has 18 heavy (non-hydrogen) atoms. The molecule has 1 aromatic heterocycles. The molecule has 1 amide bonds. The molecule has 92 valence electrons. The quantitative estimate of drug-likeness (QED) is 0.905. The van der Waals surface area contributed by atoms with Gasteiger partial charge >= 0.3 is 0 Å². The average Bonchev–Trinajstić information content (AvgIpc) is 2.37. The zero-order chi connectivity index (χ0) is 13.1. The van der Waals surface area contributed by atoms with Crippen molar-refractivity contribution in [1.82, 2.24) is 4.98 Å². The second-order valence-electron chi connectivity index (χ2n) is 3.78. The number of benzene rings is 1. The summed E-state index contributed by atoms with van der Waals surface area (Å²) < 4.78 is 0.793. The Labute approximate surface area is 118 Å². The molecule has 2 aromatic rings. The second-order valence-corrected chi connectivity index (χ2v) is 5.04. The molecule has 5 heteroatoms. The number of nitrogens with one attached hydrogen (secondary N) is 1. The predicted molar refractivity (Wildman–Crippen MR) is 76.1 cm³/mol. The Morgan fingerprint density at radius 3 is 2.89 bits per heavy atom. The van der Waals surface area contributed by atoms with Crippen LogP contribution in [0.25, 0.3) is 0 Å². The number of aromatic nitrogens is 1. The monoisotopic (exact) mass is 324 g/mol. The summed E-state index contributed by atoms with van der Waals surface area (Å²) >= 11 is 9.42. The van der Waals surface area contributed by atoms with Crippen molar-refractivity contribution in [2.24, 2.45) is 0 Å². The van der Waals surface area contributed by atoms with E-state index >= 15 is 0 Å². The van der Waals surface area contributed by atoms with Crippen LogP contribution >= 0.6 is 27.5 Å². The number of carbonyl (C=O) groups is 1. The number of carbonyl (C=O) groups excluding carboxylic acids is 1. The molecule has 0 unspecified atom stereocenters. The van der Waals surface area contributed by atoms with Crippen molar-refractivity contribution in [2.45, 2.75) is 6.92 Å². The van der Waals surface area contributed by atoms with Crippen molar-refractivity contribution in [3.8, 4) is 0 Å². The summed E-state index contributed by atoms with van der Waals surface area (Å²) in [7, 11) is 0. The molecule has 0 saturated heterocycles. The maximum absolute atomic E-state index is 11.9. The molecule has 2 rings (SSSR count). The Kier molecular flexibility index (Phi) is 3.99. The Morgan fingerprint density at radius 1 is 1.44 bits per heavy atom. The van der Waals surface area contributed by atoms with Crippen LogP contribution in [-0.2, 0) is 0 Å². The minimum Gasteiger partial charge on any atom is -0.321 e. The van der Waals surface area contributed by atoms with Crippen molar-refractivity contribution in [3.05, 3.63) is 57.3 Å². The highest BCUT2D eigenvalue weighted by Crippen LogP contribution is 2.29. The van der Waals surface area contributed by atoms with Crippen LogP contribution in [0.15, 0.2) is 41.1 Å². The van der Waals surface area contributed by atoms with Crippen LogP contribution in [0.5, 0.6) is 0 Å². The Balaban J connectivity index is 2.25. The SMILES string of the molecule is Cc1cc(Br)c(NC(=O)c2cccnc2)cc1Cl. The minimum absolute atomic E-state index is 0.219. The number of nitrogens with zero attached hydrogens (tertiary/aromatic N) is 1. The number of pyridine rings is 1. The van der Waals surface area contributed by atoms with Crippen LogP contribution in [-0.4, -0.2) is 10.9 Å². The molecule has 1 N–H and O–H groups in total. The molecule has 0 fully saturated rings. The molecule has 0 saturated carbocycles. The molecule has 0 aliphatic heterocycles. The summed E-state index contributed by atoms with van der Waals surface area (Å²) in [6.07, 6.45) is 3.13. The van der Waals surface area contributed by atoms with Crippen LogP contribution in [0.3, 0.4) is 0 Å². The minimum atomic E-state index is -0.219.